The summed E-state index contributed by atoms with van der Waals surface area (Å²) >= 11 is 0. The molecule has 0 atom stereocenters. The Morgan fingerprint density at radius 2 is 1.95 bits per heavy atom. The molecule has 0 amide bonds. The summed E-state index contributed by atoms with van der Waals surface area (Å²) in [6.45, 7) is 9.56. The van der Waals surface area contributed by atoms with Crippen LogP contribution in [-0.4, -0.2) is 22.9 Å². The van der Waals surface area contributed by atoms with Crippen molar-refractivity contribution >= 4 is 0 Å². The molecule has 4 nitrogen and oxygen atoms in total. The molecule has 0 unspecified atom stereocenters. The van der Waals surface area contributed by atoms with Gasteiger partial charge >= 0.3 is 0 Å². The molecule has 1 heterocycles. The highest BCUT2D eigenvalue weighted by Crippen LogP contribution is 2.13. The number of hydrogen-bond donors (Lipinski definition) is 1. The van der Waals surface area contributed by atoms with E-state index in [1.54, 1.807) is 0 Å². The second kappa shape index (κ2) is 7.10. The van der Waals surface area contributed by atoms with Gasteiger partial charge in [-0.1, -0.05) is 25.1 Å². The zero-order valence-corrected chi connectivity index (χ0v) is 12.5. The number of aryl methyl sites for hydroxylation is 1. The van der Waals surface area contributed by atoms with Crippen LogP contribution in [0.4, 0.5) is 0 Å². The van der Waals surface area contributed by atoms with Gasteiger partial charge < -0.3 is 10.1 Å². The van der Waals surface area contributed by atoms with Crippen LogP contribution in [0.25, 0.3) is 0 Å². The van der Waals surface area contributed by atoms with E-state index in [-0.39, 0.29) is 0 Å². The van der Waals surface area contributed by atoms with Crippen molar-refractivity contribution < 1.29 is 4.74 Å². The number of rotatable bonds is 7. The fourth-order valence-electron chi connectivity index (χ4n) is 2.22. The summed E-state index contributed by atoms with van der Waals surface area (Å²) in [5.41, 5.74) is 3.62. The third-order valence-electron chi connectivity index (χ3n) is 3.40. The molecular weight excluding hydrogens is 250 g/mol. The lowest BCUT2D eigenvalue weighted by Crippen LogP contribution is -2.14. The molecule has 0 spiro atoms. The summed E-state index contributed by atoms with van der Waals surface area (Å²) < 4.78 is 7.75. The number of para-hydroxylation sites is 1. The van der Waals surface area contributed by atoms with Crippen LogP contribution in [0, 0.1) is 13.8 Å². The highest BCUT2D eigenvalue weighted by Gasteiger charge is 2.10. The predicted octanol–water partition coefficient (Wildman–Crippen LogP) is 2.69. The predicted molar refractivity (Wildman–Crippen MR) is 81.0 cm³/mol. The van der Waals surface area contributed by atoms with E-state index in [4.69, 9.17) is 4.74 Å². The number of nitrogens with zero attached hydrogens (tertiary/aromatic N) is 2. The highest BCUT2D eigenvalue weighted by atomic mass is 16.5. The molecule has 0 aliphatic carbocycles. The molecule has 2 rings (SSSR count). The topological polar surface area (TPSA) is 39.1 Å². The normalized spacial score (nSPS) is 10.8. The van der Waals surface area contributed by atoms with Crippen molar-refractivity contribution in [2.75, 3.05) is 13.2 Å². The summed E-state index contributed by atoms with van der Waals surface area (Å²) in [5, 5.41) is 7.95. The largest absolute Gasteiger partial charge is 0.492 e. The van der Waals surface area contributed by atoms with Crippen molar-refractivity contribution in [1.82, 2.24) is 15.1 Å². The monoisotopic (exact) mass is 273 g/mol. The van der Waals surface area contributed by atoms with Gasteiger partial charge in [0.25, 0.3) is 0 Å². The fraction of sp³-hybridized carbons (Fsp3) is 0.438. The van der Waals surface area contributed by atoms with E-state index in [9.17, 15) is 0 Å². The lowest BCUT2D eigenvalue weighted by molar-refractivity contribution is 0.289. The smallest absolute Gasteiger partial charge is 0.119 e. The number of hydrogen-bond acceptors (Lipinski definition) is 3. The number of benzene rings is 1. The quantitative estimate of drug-likeness (QED) is 0.843. The molecular formula is C16H23N3O. The van der Waals surface area contributed by atoms with Gasteiger partial charge in [0.1, 0.15) is 12.4 Å². The Morgan fingerprint density at radius 3 is 2.65 bits per heavy atom. The zero-order valence-electron chi connectivity index (χ0n) is 12.5. The van der Waals surface area contributed by atoms with E-state index >= 15 is 0 Å². The third-order valence-corrected chi connectivity index (χ3v) is 3.40. The highest BCUT2D eigenvalue weighted by molar-refractivity contribution is 5.24. The lowest BCUT2D eigenvalue weighted by Gasteiger charge is -2.08. The second-order valence-corrected chi connectivity index (χ2v) is 4.81. The van der Waals surface area contributed by atoms with Crippen molar-refractivity contribution in [2.24, 2.45) is 0 Å². The van der Waals surface area contributed by atoms with Gasteiger partial charge in [-0.3, -0.25) is 4.68 Å². The number of aromatic nitrogens is 2. The molecule has 2 aromatic rings. The molecule has 0 saturated carbocycles. The van der Waals surface area contributed by atoms with Gasteiger partial charge in [0.15, 0.2) is 0 Å². The van der Waals surface area contributed by atoms with E-state index in [1.807, 2.05) is 35.0 Å². The Kier molecular flexibility index (Phi) is 5.18. The summed E-state index contributed by atoms with van der Waals surface area (Å²) in [4.78, 5) is 0. The average Bonchev–Trinajstić information content (AvgIpc) is 2.73. The maximum Gasteiger partial charge on any atom is 0.119 e. The van der Waals surface area contributed by atoms with Crippen LogP contribution in [0.3, 0.4) is 0 Å². The molecule has 1 aromatic heterocycles. The minimum Gasteiger partial charge on any atom is -0.492 e. The Balaban J connectivity index is 1.93. The number of ether oxygens (including phenoxy) is 1. The molecule has 0 radical (unpaired) electrons. The standard InChI is InChI=1S/C16H23N3O/c1-4-17-12-16-13(2)18-19(14(16)3)10-11-20-15-8-6-5-7-9-15/h5-9,17H,4,10-12H2,1-3H3. The molecule has 0 bridgehead atoms. The molecule has 1 aromatic carbocycles. The van der Waals surface area contributed by atoms with E-state index in [2.05, 4.69) is 31.2 Å². The van der Waals surface area contributed by atoms with Gasteiger partial charge in [-0.15, -0.1) is 0 Å². The van der Waals surface area contributed by atoms with E-state index < -0.39 is 0 Å². The van der Waals surface area contributed by atoms with Crippen LogP contribution in [0.2, 0.25) is 0 Å². The maximum absolute atomic E-state index is 5.72. The van der Waals surface area contributed by atoms with E-state index in [0.29, 0.717) is 6.61 Å². The summed E-state index contributed by atoms with van der Waals surface area (Å²) in [6, 6.07) is 9.89. The molecule has 0 aliphatic heterocycles. The van der Waals surface area contributed by atoms with Gasteiger partial charge in [-0.05, 0) is 32.5 Å². The van der Waals surface area contributed by atoms with Crippen LogP contribution >= 0.6 is 0 Å². The minimum atomic E-state index is 0.632. The fourth-order valence-corrected chi connectivity index (χ4v) is 2.22. The van der Waals surface area contributed by atoms with Crippen molar-refractivity contribution in [3.05, 3.63) is 47.3 Å². The first-order chi connectivity index (χ1) is 9.72. The first-order valence-electron chi connectivity index (χ1n) is 7.13. The zero-order chi connectivity index (χ0) is 14.4. The second-order valence-electron chi connectivity index (χ2n) is 4.81. The third kappa shape index (κ3) is 3.61. The van der Waals surface area contributed by atoms with Crippen molar-refractivity contribution in [3.63, 3.8) is 0 Å². The van der Waals surface area contributed by atoms with Gasteiger partial charge in [-0.2, -0.15) is 5.10 Å². The van der Waals surface area contributed by atoms with Gasteiger partial charge in [-0.25, -0.2) is 0 Å². The van der Waals surface area contributed by atoms with Gasteiger partial charge in [0.05, 0.1) is 12.2 Å². The molecule has 0 aliphatic rings. The maximum atomic E-state index is 5.72. The molecule has 1 N–H and O–H groups in total. The van der Waals surface area contributed by atoms with Gasteiger partial charge in [0.2, 0.25) is 0 Å². The SMILES string of the molecule is CCNCc1c(C)nn(CCOc2ccccc2)c1C. The first kappa shape index (κ1) is 14.6. The average molecular weight is 273 g/mol. The van der Waals surface area contributed by atoms with Crippen LogP contribution in [-0.2, 0) is 13.1 Å². The van der Waals surface area contributed by atoms with E-state index in [1.165, 1.54) is 11.3 Å². The molecule has 4 heteroatoms. The molecule has 20 heavy (non-hydrogen) atoms. The van der Waals surface area contributed by atoms with Crippen molar-refractivity contribution in [3.8, 4) is 5.75 Å². The van der Waals surface area contributed by atoms with Crippen LogP contribution < -0.4 is 10.1 Å². The van der Waals surface area contributed by atoms with Crippen LogP contribution in [0.15, 0.2) is 30.3 Å². The molecule has 0 fully saturated rings. The summed E-state index contributed by atoms with van der Waals surface area (Å²) in [7, 11) is 0. The summed E-state index contributed by atoms with van der Waals surface area (Å²) in [5.74, 6) is 0.905. The Bertz CT molecular complexity index is 534. The van der Waals surface area contributed by atoms with Crippen molar-refractivity contribution in [1.29, 1.82) is 0 Å². The minimum absolute atomic E-state index is 0.632. The molecule has 0 saturated heterocycles. The Labute approximate surface area is 120 Å². The molecule has 108 valence electrons. The van der Waals surface area contributed by atoms with Crippen LogP contribution in [0.1, 0.15) is 23.9 Å². The number of nitrogens with one attached hydrogen (secondary N) is 1. The van der Waals surface area contributed by atoms with Gasteiger partial charge in [0, 0.05) is 17.8 Å². The van der Waals surface area contributed by atoms with E-state index in [0.717, 1.165) is 31.1 Å². The first-order valence-corrected chi connectivity index (χ1v) is 7.13. The Hall–Kier alpha value is -1.81. The Morgan fingerprint density at radius 1 is 1.20 bits per heavy atom. The van der Waals surface area contributed by atoms with Crippen LogP contribution in [0.5, 0.6) is 5.75 Å². The lowest BCUT2D eigenvalue weighted by atomic mass is 10.2. The summed E-state index contributed by atoms with van der Waals surface area (Å²) in [6.07, 6.45) is 0. The van der Waals surface area contributed by atoms with Crippen molar-refractivity contribution in [2.45, 2.75) is 33.9 Å².